The number of piperidine rings is 1. The lowest BCUT2D eigenvalue weighted by Gasteiger charge is -2.34. The van der Waals surface area contributed by atoms with Gasteiger partial charge in [0, 0.05) is 32.7 Å². The molecule has 1 unspecified atom stereocenters. The largest absolute Gasteiger partial charge is 0.380 e. The zero-order chi connectivity index (χ0) is 12.1. The summed E-state index contributed by atoms with van der Waals surface area (Å²) in [4.78, 5) is 14.1. The number of Topliss-reactive ketones (excluding diaryl/α,β-unsaturated/α-hetero) is 1. The molecular formula is C13H23NO3. The Balaban J connectivity index is 1.72. The highest BCUT2D eigenvalue weighted by molar-refractivity contribution is 5.82. The van der Waals surface area contributed by atoms with Crippen molar-refractivity contribution in [1.29, 1.82) is 0 Å². The monoisotopic (exact) mass is 241 g/mol. The van der Waals surface area contributed by atoms with E-state index in [1.165, 1.54) is 0 Å². The van der Waals surface area contributed by atoms with Gasteiger partial charge in [-0.05, 0) is 19.8 Å². The Morgan fingerprint density at radius 1 is 1.41 bits per heavy atom. The normalized spacial score (nSPS) is 28.5. The van der Waals surface area contributed by atoms with E-state index in [1.807, 2.05) is 6.92 Å². The van der Waals surface area contributed by atoms with Gasteiger partial charge in [0.05, 0.1) is 25.2 Å². The summed E-state index contributed by atoms with van der Waals surface area (Å²) in [6.45, 7) is 7.05. The van der Waals surface area contributed by atoms with Gasteiger partial charge in [0.2, 0.25) is 0 Å². The van der Waals surface area contributed by atoms with E-state index in [2.05, 4.69) is 4.90 Å². The third-order valence-electron chi connectivity index (χ3n) is 3.68. The van der Waals surface area contributed by atoms with Crippen molar-refractivity contribution in [2.45, 2.75) is 32.3 Å². The lowest BCUT2D eigenvalue weighted by Crippen LogP contribution is -2.43. The molecule has 0 aromatic carbocycles. The SMILES string of the molecule is CCOC1CCN(CC2COCCC2=O)CC1. The molecule has 2 saturated heterocycles. The molecule has 2 aliphatic rings. The number of ether oxygens (including phenoxy) is 2. The molecule has 0 aromatic rings. The molecular weight excluding hydrogens is 218 g/mol. The molecule has 2 aliphatic heterocycles. The number of likely N-dealkylation sites (tertiary alicyclic amines) is 1. The molecule has 0 aliphatic carbocycles. The van der Waals surface area contributed by atoms with E-state index in [0.29, 0.717) is 31.5 Å². The van der Waals surface area contributed by atoms with Crippen molar-refractivity contribution in [3.63, 3.8) is 0 Å². The van der Waals surface area contributed by atoms with Crippen molar-refractivity contribution >= 4 is 5.78 Å². The van der Waals surface area contributed by atoms with Gasteiger partial charge in [0.1, 0.15) is 5.78 Å². The van der Waals surface area contributed by atoms with Crippen LogP contribution in [0.3, 0.4) is 0 Å². The number of hydrogen-bond donors (Lipinski definition) is 0. The van der Waals surface area contributed by atoms with E-state index in [0.717, 1.165) is 39.1 Å². The number of rotatable bonds is 4. The van der Waals surface area contributed by atoms with Crippen LogP contribution < -0.4 is 0 Å². The van der Waals surface area contributed by atoms with Crippen molar-refractivity contribution < 1.29 is 14.3 Å². The van der Waals surface area contributed by atoms with Crippen LogP contribution in [-0.2, 0) is 14.3 Å². The third kappa shape index (κ3) is 3.76. The summed E-state index contributed by atoms with van der Waals surface area (Å²) < 4.78 is 11.0. The molecule has 98 valence electrons. The number of hydrogen-bond acceptors (Lipinski definition) is 4. The fraction of sp³-hybridized carbons (Fsp3) is 0.923. The van der Waals surface area contributed by atoms with Gasteiger partial charge >= 0.3 is 0 Å². The van der Waals surface area contributed by atoms with E-state index in [-0.39, 0.29) is 5.92 Å². The molecule has 0 saturated carbocycles. The second-order valence-electron chi connectivity index (χ2n) is 4.94. The molecule has 0 radical (unpaired) electrons. The molecule has 4 heteroatoms. The highest BCUT2D eigenvalue weighted by Crippen LogP contribution is 2.17. The summed E-state index contributed by atoms with van der Waals surface area (Å²) in [6.07, 6.45) is 3.21. The number of nitrogens with zero attached hydrogens (tertiary/aromatic N) is 1. The van der Waals surface area contributed by atoms with E-state index < -0.39 is 0 Å². The van der Waals surface area contributed by atoms with E-state index >= 15 is 0 Å². The second-order valence-corrected chi connectivity index (χ2v) is 4.94. The molecule has 0 N–H and O–H groups in total. The fourth-order valence-electron chi connectivity index (χ4n) is 2.66. The molecule has 0 spiro atoms. The minimum Gasteiger partial charge on any atom is -0.380 e. The average Bonchev–Trinajstić information content (AvgIpc) is 2.35. The Morgan fingerprint density at radius 2 is 2.18 bits per heavy atom. The van der Waals surface area contributed by atoms with Gasteiger partial charge in [-0.15, -0.1) is 0 Å². The summed E-state index contributed by atoms with van der Waals surface area (Å²) in [6, 6.07) is 0. The first-order chi connectivity index (χ1) is 8.29. The van der Waals surface area contributed by atoms with Gasteiger partial charge in [-0.25, -0.2) is 0 Å². The maximum Gasteiger partial charge on any atom is 0.141 e. The average molecular weight is 241 g/mol. The van der Waals surface area contributed by atoms with Crippen molar-refractivity contribution in [3.8, 4) is 0 Å². The first kappa shape index (κ1) is 13.0. The van der Waals surface area contributed by atoms with E-state index in [4.69, 9.17) is 9.47 Å². The smallest absolute Gasteiger partial charge is 0.141 e. The van der Waals surface area contributed by atoms with Crippen LogP contribution in [0.2, 0.25) is 0 Å². The predicted molar refractivity (Wildman–Crippen MR) is 65.0 cm³/mol. The molecule has 4 nitrogen and oxygen atoms in total. The molecule has 1 atom stereocenters. The van der Waals surface area contributed by atoms with Crippen molar-refractivity contribution in [2.24, 2.45) is 5.92 Å². The lowest BCUT2D eigenvalue weighted by molar-refractivity contribution is -0.131. The van der Waals surface area contributed by atoms with Gasteiger partial charge in [-0.1, -0.05) is 0 Å². The third-order valence-corrected chi connectivity index (χ3v) is 3.68. The molecule has 0 bridgehead atoms. The summed E-state index contributed by atoms with van der Waals surface area (Å²) in [5.74, 6) is 0.482. The molecule has 0 aromatic heterocycles. The lowest BCUT2D eigenvalue weighted by atomic mass is 9.98. The molecule has 2 heterocycles. The topological polar surface area (TPSA) is 38.8 Å². The Kier molecular flexibility index (Phi) is 4.95. The van der Waals surface area contributed by atoms with Crippen LogP contribution in [-0.4, -0.2) is 56.2 Å². The van der Waals surface area contributed by atoms with Gasteiger partial charge in [0.15, 0.2) is 0 Å². The van der Waals surface area contributed by atoms with Gasteiger partial charge in [-0.3, -0.25) is 4.79 Å². The minimum absolute atomic E-state index is 0.104. The second kappa shape index (κ2) is 6.47. The quantitative estimate of drug-likeness (QED) is 0.738. The summed E-state index contributed by atoms with van der Waals surface area (Å²) >= 11 is 0. The molecule has 17 heavy (non-hydrogen) atoms. The Bertz CT molecular complexity index is 249. The number of carbonyl (C=O) groups is 1. The highest BCUT2D eigenvalue weighted by atomic mass is 16.5. The van der Waals surface area contributed by atoms with Crippen molar-refractivity contribution in [1.82, 2.24) is 4.90 Å². The zero-order valence-electron chi connectivity index (χ0n) is 10.7. The van der Waals surface area contributed by atoms with Crippen LogP contribution in [0, 0.1) is 5.92 Å². The van der Waals surface area contributed by atoms with Gasteiger partial charge in [0.25, 0.3) is 0 Å². The van der Waals surface area contributed by atoms with Crippen LogP contribution in [0.1, 0.15) is 26.2 Å². The minimum atomic E-state index is 0.104. The zero-order valence-corrected chi connectivity index (χ0v) is 10.7. The first-order valence-corrected chi connectivity index (χ1v) is 6.74. The predicted octanol–water partition coefficient (Wildman–Crippen LogP) is 1.09. The fourth-order valence-corrected chi connectivity index (χ4v) is 2.66. The van der Waals surface area contributed by atoms with Crippen LogP contribution in [0.25, 0.3) is 0 Å². The van der Waals surface area contributed by atoms with Crippen LogP contribution >= 0.6 is 0 Å². The summed E-state index contributed by atoms with van der Waals surface area (Å²) in [5.41, 5.74) is 0. The van der Waals surface area contributed by atoms with Crippen molar-refractivity contribution in [3.05, 3.63) is 0 Å². The summed E-state index contributed by atoms with van der Waals surface area (Å²) in [7, 11) is 0. The standard InChI is InChI=1S/C13H23NO3/c1-2-17-12-3-6-14(7-4-12)9-11-10-16-8-5-13(11)15/h11-12H,2-10H2,1H3. The Hall–Kier alpha value is -0.450. The number of ketones is 1. The molecule has 2 fully saturated rings. The van der Waals surface area contributed by atoms with Crippen LogP contribution in [0.15, 0.2) is 0 Å². The van der Waals surface area contributed by atoms with Gasteiger partial charge < -0.3 is 14.4 Å². The highest BCUT2D eigenvalue weighted by Gasteiger charge is 2.27. The summed E-state index contributed by atoms with van der Waals surface area (Å²) in [5, 5.41) is 0. The number of carbonyl (C=O) groups excluding carboxylic acids is 1. The maximum absolute atomic E-state index is 11.7. The van der Waals surface area contributed by atoms with Crippen LogP contribution in [0.4, 0.5) is 0 Å². The molecule has 2 rings (SSSR count). The van der Waals surface area contributed by atoms with Crippen LogP contribution in [0.5, 0.6) is 0 Å². The van der Waals surface area contributed by atoms with E-state index in [1.54, 1.807) is 0 Å². The maximum atomic E-state index is 11.7. The van der Waals surface area contributed by atoms with Gasteiger partial charge in [-0.2, -0.15) is 0 Å². The Labute approximate surface area is 103 Å². The van der Waals surface area contributed by atoms with E-state index in [9.17, 15) is 4.79 Å². The Morgan fingerprint density at radius 3 is 2.82 bits per heavy atom. The molecule has 0 amide bonds. The van der Waals surface area contributed by atoms with Crippen molar-refractivity contribution in [2.75, 3.05) is 39.5 Å². The first-order valence-electron chi connectivity index (χ1n) is 6.74.